The number of nitrogens with zero attached hydrogens (tertiary/aromatic N) is 1. The van der Waals surface area contributed by atoms with E-state index in [0.717, 1.165) is 0 Å². The van der Waals surface area contributed by atoms with Crippen LogP contribution in [0.3, 0.4) is 0 Å². The topological polar surface area (TPSA) is 330 Å². The van der Waals surface area contributed by atoms with Crippen LogP contribution < -0.4 is 34.0 Å². The van der Waals surface area contributed by atoms with Gasteiger partial charge in [0.15, 0.2) is 12.6 Å². The first kappa shape index (κ1) is 33.9. The van der Waals surface area contributed by atoms with Crippen molar-refractivity contribution >= 4 is 11.7 Å². The van der Waals surface area contributed by atoms with E-state index < -0.39 is 105 Å². The van der Waals surface area contributed by atoms with E-state index in [1.165, 1.54) is 0 Å². The molecular formula is C23H45N7O11. The Hall–Kier alpha value is -1.62. The number of nitrogens with two attached hydrogens (primary N) is 5. The van der Waals surface area contributed by atoms with Crippen molar-refractivity contribution in [3.63, 3.8) is 0 Å². The molecule has 2 saturated heterocycles. The Morgan fingerprint density at radius 2 is 1.66 bits per heavy atom. The average molecular weight is 596 g/mol. The number of amides is 1. The fourth-order valence-corrected chi connectivity index (χ4v) is 5.07. The van der Waals surface area contributed by atoms with Gasteiger partial charge in [0.25, 0.3) is 0 Å². The smallest absolute Gasteiger partial charge is 0.250 e. The van der Waals surface area contributed by atoms with Crippen molar-refractivity contribution in [2.24, 2.45) is 33.7 Å². The van der Waals surface area contributed by atoms with Gasteiger partial charge in [0.1, 0.15) is 55.2 Å². The fourth-order valence-electron chi connectivity index (χ4n) is 5.07. The second-order valence-corrected chi connectivity index (χ2v) is 10.6. The largest absolute Gasteiger partial charge is 0.394 e. The van der Waals surface area contributed by atoms with Gasteiger partial charge < -0.3 is 83.6 Å². The van der Waals surface area contributed by atoms with Gasteiger partial charge in [0.05, 0.1) is 37.4 Å². The van der Waals surface area contributed by atoms with Crippen LogP contribution in [-0.4, -0.2) is 154 Å². The number of rotatable bonds is 11. The third kappa shape index (κ3) is 8.27. The first-order valence-electron chi connectivity index (χ1n) is 13.5. The molecule has 3 rings (SSSR count). The molecule has 1 saturated carbocycles. The SMILES string of the molecule is NCC(O)C(=O)NC1CC(N)C(OC2OC(CN=C(N)CO)CCC2N)C(O)C1OC1OC(CO)C(O)C(N)C1O. The Morgan fingerprint density at radius 3 is 2.29 bits per heavy atom. The quantitative estimate of drug-likeness (QED) is 0.0779. The molecule has 0 aromatic heterocycles. The molecule has 14 unspecified atom stereocenters. The summed E-state index contributed by atoms with van der Waals surface area (Å²) < 4.78 is 23.4. The molecule has 18 heteroatoms. The van der Waals surface area contributed by atoms with Crippen LogP contribution in [0, 0.1) is 0 Å². The molecule has 2 heterocycles. The molecule has 3 fully saturated rings. The Balaban J connectivity index is 1.80. The van der Waals surface area contributed by atoms with E-state index >= 15 is 0 Å². The van der Waals surface area contributed by atoms with Gasteiger partial charge in [-0.3, -0.25) is 9.79 Å². The number of carbonyl (C=O) groups excluding carboxylic acids is 1. The lowest BCUT2D eigenvalue weighted by atomic mass is 9.83. The van der Waals surface area contributed by atoms with Crippen LogP contribution in [0.4, 0.5) is 0 Å². The van der Waals surface area contributed by atoms with Gasteiger partial charge in [-0.15, -0.1) is 0 Å². The van der Waals surface area contributed by atoms with E-state index in [0.29, 0.717) is 12.8 Å². The van der Waals surface area contributed by atoms with Gasteiger partial charge in [0, 0.05) is 12.6 Å². The van der Waals surface area contributed by atoms with Gasteiger partial charge >= 0.3 is 0 Å². The Bertz CT molecular complexity index is 874. The van der Waals surface area contributed by atoms with Gasteiger partial charge in [0.2, 0.25) is 5.91 Å². The third-order valence-electron chi connectivity index (χ3n) is 7.55. The molecule has 238 valence electrons. The summed E-state index contributed by atoms with van der Waals surface area (Å²) in [6.45, 7) is -1.26. The average Bonchev–Trinajstić information content (AvgIpc) is 2.96. The zero-order chi connectivity index (χ0) is 30.4. The van der Waals surface area contributed by atoms with E-state index in [9.17, 15) is 30.3 Å². The first-order chi connectivity index (χ1) is 19.4. The highest BCUT2D eigenvalue weighted by molar-refractivity contribution is 5.81. The van der Waals surface area contributed by atoms with Crippen molar-refractivity contribution in [1.82, 2.24) is 5.32 Å². The normalized spacial score (nSPS) is 43.0. The maximum Gasteiger partial charge on any atom is 0.250 e. The summed E-state index contributed by atoms with van der Waals surface area (Å²) in [5, 5.41) is 63.3. The highest BCUT2D eigenvalue weighted by atomic mass is 16.7. The van der Waals surface area contributed by atoms with E-state index in [1.807, 2.05) is 0 Å². The lowest BCUT2D eigenvalue weighted by Gasteiger charge is -2.48. The number of hydrogen-bond acceptors (Lipinski definition) is 16. The number of amidine groups is 1. The first-order valence-corrected chi connectivity index (χ1v) is 13.5. The minimum Gasteiger partial charge on any atom is -0.394 e. The summed E-state index contributed by atoms with van der Waals surface area (Å²) in [6.07, 6.45) is -11.8. The van der Waals surface area contributed by atoms with Crippen LogP contribution in [0.2, 0.25) is 0 Å². The fraction of sp³-hybridized carbons (Fsp3) is 0.913. The standard InChI is InChI=1S/C23H45N7O11/c24-4-12(33)21(37)30-11-3-10(26)19(40-22-9(25)2-1-8(38-22)5-29-14(27)7-32)18(36)20(11)41-23-17(35)15(28)16(34)13(6-31)39-23/h8-13,15-20,22-23,31-36H,1-7,24-26,28H2,(H2,27,29)(H,30,37). The molecule has 41 heavy (non-hydrogen) atoms. The minimum absolute atomic E-state index is 0.0287. The molecule has 1 amide bonds. The summed E-state index contributed by atoms with van der Waals surface area (Å²) >= 11 is 0. The van der Waals surface area contributed by atoms with Crippen molar-refractivity contribution in [3.05, 3.63) is 0 Å². The van der Waals surface area contributed by atoms with Crippen LogP contribution in [0.25, 0.3) is 0 Å². The highest BCUT2D eigenvalue weighted by Crippen LogP contribution is 2.31. The predicted molar refractivity (Wildman–Crippen MR) is 141 cm³/mol. The van der Waals surface area contributed by atoms with Crippen molar-refractivity contribution in [3.8, 4) is 0 Å². The maximum atomic E-state index is 12.5. The molecule has 0 bridgehead atoms. The van der Waals surface area contributed by atoms with Crippen molar-refractivity contribution < 1.29 is 54.4 Å². The third-order valence-corrected chi connectivity index (χ3v) is 7.55. The lowest BCUT2D eigenvalue weighted by Crippen LogP contribution is -2.69. The second kappa shape index (κ2) is 15.2. The Kier molecular flexibility index (Phi) is 12.6. The minimum atomic E-state index is -1.58. The maximum absolute atomic E-state index is 12.5. The number of ether oxygens (including phenoxy) is 4. The van der Waals surface area contributed by atoms with Gasteiger partial charge in [-0.1, -0.05) is 0 Å². The summed E-state index contributed by atoms with van der Waals surface area (Å²) in [6, 6.07) is -3.77. The molecule has 1 aliphatic carbocycles. The zero-order valence-electron chi connectivity index (χ0n) is 22.6. The van der Waals surface area contributed by atoms with Crippen molar-refractivity contribution in [2.45, 2.75) is 105 Å². The number of aliphatic hydroxyl groups excluding tert-OH is 6. The zero-order valence-corrected chi connectivity index (χ0v) is 22.6. The number of nitrogens with one attached hydrogen (secondary N) is 1. The summed E-state index contributed by atoms with van der Waals surface area (Å²) in [5.41, 5.74) is 29.4. The molecule has 17 N–H and O–H groups in total. The van der Waals surface area contributed by atoms with Gasteiger partial charge in [-0.25, -0.2) is 0 Å². The van der Waals surface area contributed by atoms with E-state index in [1.54, 1.807) is 0 Å². The molecule has 0 spiro atoms. The van der Waals surface area contributed by atoms with Gasteiger partial charge in [-0.05, 0) is 19.3 Å². The van der Waals surface area contributed by atoms with Crippen LogP contribution >= 0.6 is 0 Å². The molecule has 3 aliphatic rings. The van der Waals surface area contributed by atoms with E-state index in [-0.39, 0.29) is 25.3 Å². The Labute approximate surface area is 236 Å². The number of aliphatic hydroxyl groups is 6. The van der Waals surface area contributed by atoms with Crippen LogP contribution in [0.1, 0.15) is 19.3 Å². The molecule has 0 aromatic rings. The van der Waals surface area contributed by atoms with E-state index in [4.69, 9.17) is 52.7 Å². The number of carbonyl (C=O) groups is 1. The van der Waals surface area contributed by atoms with Crippen LogP contribution in [-0.2, 0) is 23.7 Å². The van der Waals surface area contributed by atoms with E-state index in [2.05, 4.69) is 10.3 Å². The Morgan fingerprint density at radius 1 is 0.976 bits per heavy atom. The molecule has 0 aromatic carbocycles. The van der Waals surface area contributed by atoms with Crippen molar-refractivity contribution in [1.29, 1.82) is 0 Å². The van der Waals surface area contributed by atoms with Crippen molar-refractivity contribution in [2.75, 3.05) is 26.3 Å². The number of aliphatic imine (C=N–C) groups is 1. The summed E-state index contributed by atoms with van der Waals surface area (Å²) in [7, 11) is 0. The molecular weight excluding hydrogens is 550 g/mol. The summed E-state index contributed by atoms with van der Waals surface area (Å²) in [5.74, 6) is -0.806. The van der Waals surface area contributed by atoms with Crippen LogP contribution in [0.5, 0.6) is 0 Å². The summed E-state index contributed by atoms with van der Waals surface area (Å²) in [4.78, 5) is 16.5. The highest BCUT2D eigenvalue weighted by Gasteiger charge is 2.51. The lowest BCUT2D eigenvalue weighted by molar-refractivity contribution is -0.314. The predicted octanol–water partition coefficient (Wildman–Crippen LogP) is -7.40. The monoisotopic (exact) mass is 595 g/mol. The molecule has 14 atom stereocenters. The molecule has 18 nitrogen and oxygen atoms in total. The number of hydrogen-bond donors (Lipinski definition) is 12. The van der Waals surface area contributed by atoms with Crippen LogP contribution in [0.15, 0.2) is 4.99 Å². The molecule has 0 radical (unpaired) electrons. The molecule has 2 aliphatic heterocycles. The second-order valence-electron chi connectivity index (χ2n) is 10.6. The van der Waals surface area contributed by atoms with Gasteiger partial charge in [-0.2, -0.15) is 0 Å².